The Kier molecular flexibility index (Phi) is 9.05. The SMILES string of the molecule is C=C(F)F.Cc1cccc2c1=c1ccccc1=2.N=C=O.N=C=O. The van der Waals surface area contributed by atoms with Crippen molar-refractivity contribution in [1.29, 1.82) is 10.8 Å². The molecule has 0 heterocycles. The second kappa shape index (κ2) is 10.5. The molecule has 0 atom stereocenters. The Labute approximate surface area is 130 Å². The molecule has 0 aliphatic heterocycles. The number of carbonyl (C=O) groups excluding carboxylic acids is 2. The van der Waals surface area contributed by atoms with Crippen molar-refractivity contribution in [2.24, 2.45) is 0 Å². The van der Waals surface area contributed by atoms with E-state index in [1.165, 1.54) is 26.4 Å². The van der Waals surface area contributed by atoms with Crippen LogP contribution in [0.5, 0.6) is 0 Å². The van der Waals surface area contributed by atoms with Gasteiger partial charge in [0.05, 0.1) is 0 Å². The van der Waals surface area contributed by atoms with Crippen LogP contribution in [0.25, 0.3) is 0 Å². The monoisotopic (exact) mass is 316 g/mol. The van der Waals surface area contributed by atoms with Gasteiger partial charge in [0.15, 0.2) is 0 Å². The van der Waals surface area contributed by atoms with Gasteiger partial charge in [0.25, 0.3) is 6.08 Å². The minimum absolute atomic E-state index is 0.750. The second-order valence-electron chi connectivity index (χ2n) is 4.09. The molecule has 0 unspecified atom stereocenters. The summed E-state index contributed by atoms with van der Waals surface area (Å²) in [5.74, 6) is 0. The molecule has 0 fully saturated rings. The van der Waals surface area contributed by atoms with Gasteiger partial charge < -0.3 is 0 Å². The quantitative estimate of drug-likeness (QED) is 0.484. The number of fused-ring (bicyclic) bond motifs is 2. The highest BCUT2D eigenvalue weighted by Crippen LogP contribution is 2.15. The fourth-order valence-corrected chi connectivity index (χ4v) is 2.12. The summed E-state index contributed by atoms with van der Waals surface area (Å²) in [4.78, 5) is 16.7. The molecule has 0 aromatic heterocycles. The number of hydrogen-bond donors (Lipinski definition) is 2. The predicted molar refractivity (Wildman–Crippen MR) is 81.1 cm³/mol. The van der Waals surface area contributed by atoms with Crippen molar-refractivity contribution >= 4 is 12.2 Å². The molecule has 0 spiro atoms. The van der Waals surface area contributed by atoms with Gasteiger partial charge in [-0.25, -0.2) is 20.4 Å². The summed E-state index contributed by atoms with van der Waals surface area (Å²) in [6.45, 7) is 4.40. The van der Waals surface area contributed by atoms with Crippen LogP contribution in [0.15, 0.2) is 55.1 Å². The van der Waals surface area contributed by atoms with E-state index in [-0.39, 0.29) is 0 Å². The van der Waals surface area contributed by atoms with E-state index in [9.17, 15) is 8.78 Å². The largest absolute Gasteiger partial charge is 0.263 e. The number of aryl methyl sites for hydroxylation is 1. The summed E-state index contributed by atoms with van der Waals surface area (Å²) in [6.07, 6.45) is -0.333. The third-order valence-corrected chi connectivity index (χ3v) is 2.76. The van der Waals surface area contributed by atoms with Crippen molar-refractivity contribution in [3.05, 3.63) is 81.6 Å². The topological polar surface area (TPSA) is 81.8 Å². The van der Waals surface area contributed by atoms with Gasteiger partial charge in [0.1, 0.15) is 0 Å². The average molecular weight is 316 g/mol. The highest BCUT2D eigenvalue weighted by atomic mass is 19.3. The Balaban J connectivity index is 0.000000409. The Morgan fingerprint density at radius 2 is 1.30 bits per heavy atom. The first-order valence-corrected chi connectivity index (χ1v) is 6.21. The van der Waals surface area contributed by atoms with Crippen LogP contribution in [0.1, 0.15) is 5.56 Å². The highest BCUT2D eigenvalue weighted by molar-refractivity contribution is 5.33. The maximum absolute atomic E-state index is 10.1. The van der Waals surface area contributed by atoms with E-state index in [2.05, 4.69) is 56.0 Å². The average Bonchev–Trinajstić information content (AvgIpc) is 2.45. The molecule has 6 heteroatoms. The van der Waals surface area contributed by atoms with E-state index in [1.807, 2.05) is 0 Å². The van der Waals surface area contributed by atoms with Crippen molar-refractivity contribution < 1.29 is 18.4 Å². The van der Waals surface area contributed by atoms with Crippen molar-refractivity contribution in [2.45, 2.75) is 6.92 Å². The fraction of sp³-hybridized carbons (Fsp3) is 0.0588. The molecule has 0 saturated carbocycles. The molecule has 118 valence electrons. The molecule has 0 amide bonds. The maximum atomic E-state index is 10.1. The van der Waals surface area contributed by atoms with E-state index in [0.29, 0.717) is 0 Å². The smallest absolute Gasteiger partial charge is 0.222 e. The van der Waals surface area contributed by atoms with Crippen molar-refractivity contribution in [1.82, 2.24) is 0 Å². The Bertz CT molecular complexity index is 912. The molecule has 23 heavy (non-hydrogen) atoms. The lowest BCUT2D eigenvalue weighted by molar-refractivity contribution is 0.426. The standard InChI is InChI=1S/C13H10.C2H2F2.2CHNO/c1-9-5-4-8-12-10-6-2-3-7-11(10)13(9)12;1-2(3)4;2*2-1-3/h2-8H,1H3;1H2;2*2H. The minimum atomic E-state index is -1.83. The molecule has 0 bridgehead atoms. The van der Waals surface area contributed by atoms with Crippen LogP contribution in [-0.2, 0) is 9.59 Å². The summed E-state index contributed by atoms with van der Waals surface area (Å²) >= 11 is 0. The molecular weight excluding hydrogens is 302 g/mol. The lowest BCUT2D eigenvalue weighted by atomic mass is 9.98. The number of benzene rings is 2. The zero-order chi connectivity index (χ0) is 17.8. The van der Waals surface area contributed by atoms with Crippen LogP contribution in [0.4, 0.5) is 8.78 Å². The number of halogens is 2. The summed E-state index contributed by atoms with van der Waals surface area (Å²) in [5, 5.41) is 16.5. The van der Waals surface area contributed by atoms with Gasteiger partial charge in [-0.05, 0) is 39.9 Å². The van der Waals surface area contributed by atoms with Crippen LogP contribution in [0.2, 0.25) is 0 Å². The zero-order valence-electron chi connectivity index (χ0n) is 12.3. The van der Waals surface area contributed by atoms with Gasteiger partial charge in [-0.1, -0.05) is 42.5 Å². The van der Waals surface area contributed by atoms with Crippen molar-refractivity contribution in [3.63, 3.8) is 0 Å². The third-order valence-electron chi connectivity index (χ3n) is 2.76. The van der Waals surface area contributed by atoms with Crippen LogP contribution in [-0.4, -0.2) is 12.2 Å². The first-order chi connectivity index (χ1) is 10.9. The molecule has 2 aromatic rings. The van der Waals surface area contributed by atoms with Gasteiger partial charge in [-0.15, -0.1) is 0 Å². The normalized spacial score (nSPS) is 8.30. The van der Waals surface area contributed by atoms with Crippen LogP contribution < -0.4 is 0 Å². The summed E-state index contributed by atoms with van der Waals surface area (Å²) < 4.78 is 20.3. The zero-order valence-corrected chi connectivity index (χ0v) is 12.3. The Morgan fingerprint density at radius 1 is 0.913 bits per heavy atom. The maximum Gasteiger partial charge on any atom is 0.263 e. The number of rotatable bonds is 0. The Hall–Kier alpha value is -3.20. The Morgan fingerprint density at radius 3 is 1.78 bits per heavy atom. The van der Waals surface area contributed by atoms with Crippen molar-refractivity contribution in [3.8, 4) is 0 Å². The van der Waals surface area contributed by atoms with E-state index >= 15 is 0 Å². The first-order valence-electron chi connectivity index (χ1n) is 6.21. The molecule has 2 aromatic carbocycles. The summed E-state index contributed by atoms with van der Waals surface area (Å²) in [5.41, 5.74) is 1.39. The van der Waals surface area contributed by atoms with E-state index in [1.54, 1.807) is 0 Å². The van der Waals surface area contributed by atoms with Crippen LogP contribution >= 0.6 is 0 Å². The second-order valence-corrected chi connectivity index (χ2v) is 4.09. The van der Waals surface area contributed by atoms with Gasteiger partial charge in [0.2, 0.25) is 12.2 Å². The molecule has 2 N–H and O–H groups in total. The van der Waals surface area contributed by atoms with Crippen LogP contribution in [0.3, 0.4) is 0 Å². The number of isocyanates is 2. The molecule has 1 aliphatic rings. The lowest BCUT2D eigenvalue weighted by Gasteiger charge is -2.06. The van der Waals surface area contributed by atoms with E-state index in [4.69, 9.17) is 20.4 Å². The molecule has 0 radical (unpaired) electrons. The lowest BCUT2D eigenvalue weighted by Crippen LogP contribution is -1.92. The predicted octanol–water partition coefficient (Wildman–Crippen LogP) is 4.08. The van der Waals surface area contributed by atoms with E-state index < -0.39 is 6.08 Å². The van der Waals surface area contributed by atoms with Gasteiger partial charge >= 0.3 is 0 Å². The molecule has 3 rings (SSSR count). The van der Waals surface area contributed by atoms with Gasteiger partial charge in [-0.3, -0.25) is 0 Å². The van der Waals surface area contributed by atoms with Crippen molar-refractivity contribution in [2.75, 3.05) is 0 Å². The number of nitrogens with one attached hydrogen (secondary N) is 2. The van der Waals surface area contributed by atoms with Crippen LogP contribution in [0, 0.1) is 38.6 Å². The number of hydrogen-bond acceptors (Lipinski definition) is 4. The third kappa shape index (κ3) is 5.98. The molecule has 4 nitrogen and oxygen atoms in total. The molecule has 0 saturated heterocycles. The molecule has 1 aliphatic carbocycles. The van der Waals surface area contributed by atoms with Gasteiger partial charge in [-0.2, -0.15) is 8.78 Å². The first kappa shape index (κ1) is 19.8. The van der Waals surface area contributed by atoms with E-state index in [0.717, 1.165) is 12.2 Å². The fourth-order valence-electron chi connectivity index (χ4n) is 2.12. The minimum Gasteiger partial charge on any atom is -0.222 e. The summed E-state index contributed by atoms with van der Waals surface area (Å²) in [6, 6.07) is 15.1. The molecular formula is C17H14F2N2O2. The van der Waals surface area contributed by atoms with Gasteiger partial charge in [0, 0.05) is 0 Å². The highest BCUT2D eigenvalue weighted by Gasteiger charge is 2.01. The summed E-state index contributed by atoms with van der Waals surface area (Å²) in [7, 11) is 0.